The third-order valence-electron chi connectivity index (χ3n) is 4.48. The van der Waals surface area contributed by atoms with E-state index >= 15 is 0 Å². The Kier molecular flexibility index (Phi) is 7.68. The number of amides is 1. The SMILES string of the molecule is CCCC(C)(N)C(=O)N(CC)Cc1ccc(OCc2cccs2)c(OC)c1. The highest BCUT2D eigenvalue weighted by molar-refractivity contribution is 7.09. The molecule has 2 N–H and O–H groups in total. The first kappa shape index (κ1) is 21.3. The van der Waals surface area contributed by atoms with Gasteiger partial charge in [-0.2, -0.15) is 0 Å². The number of nitrogens with two attached hydrogens (primary N) is 1. The smallest absolute Gasteiger partial charge is 0.242 e. The molecule has 148 valence electrons. The molecule has 5 nitrogen and oxygen atoms in total. The summed E-state index contributed by atoms with van der Waals surface area (Å²) in [5.74, 6) is 1.33. The molecule has 1 atom stereocenters. The average molecular weight is 391 g/mol. The van der Waals surface area contributed by atoms with Crippen molar-refractivity contribution in [2.45, 2.75) is 52.3 Å². The highest BCUT2D eigenvalue weighted by Gasteiger charge is 2.31. The van der Waals surface area contributed by atoms with Crippen LogP contribution < -0.4 is 15.2 Å². The lowest BCUT2D eigenvalue weighted by atomic mass is 9.95. The van der Waals surface area contributed by atoms with Crippen LogP contribution in [0.3, 0.4) is 0 Å². The van der Waals surface area contributed by atoms with Gasteiger partial charge >= 0.3 is 0 Å². The molecule has 0 spiro atoms. The minimum Gasteiger partial charge on any atom is -0.493 e. The van der Waals surface area contributed by atoms with Crippen LogP contribution in [-0.2, 0) is 17.9 Å². The summed E-state index contributed by atoms with van der Waals surface area (Å²) in [4.78, 5) is 15.7. The molecule has 0 saturated carbocycles. The molecule has 0 saturated heterocycles. The Hall–Kier alpha value is -2.05. The number of methoxy groups -OCH3 is 1. The van der Waals surface area contributed by atoms with Gasteiger partial charge in [-0.1, -0.05) is 25.5 Å². The van der Waals surface area contributed by atoms with Crippen LogP contribution >= 0.6 is 11.3 Å². The van der Waals surface area contributed by atoms with Crippen molar-refractivity contribution in [2.75, 3.05) is 13.7 Å². The van der Waals surface area contributed by atoms with Crippen LogP contribution in [0.1, 0.15) is 44.1 Å². The molecule has 1 aromatic carbocycles. The lowest BCUT2D eigenvalue weighted by Gasteiger charge is -2.31. The second kappa shape index (κ2) is 9.76. The summed E-state index contributed by atoms with van der Waals surface area (Å²) < 4.78 is 11.4. The molecule has 0 bridgehead atoms. The van der Waals surface area contributed by atoms with Gasteiger partial charge < -0.3 is 20.1 Å². The van der Waals surface area contributed by atoms with Crippen molar-refractivity contribution in [3.05, 3.63) is 46.2 Å². The molecule has 0 aliphatic rings. The molecule has 2 rings (SSSR count). The predicted molar refractivity (Wildman–Crippen MR) is 110 cm³/mol. The number of carbonyl (C=O) groups is 1. The van der Waals surface area contributed by atoms with E-state index in [9.17, 15) is 4.79 Å². The van der Waals surface area contributed by atoms with E-state index < -0.39 is 5.54 Å². The number of benzene rings is 1. The summed E-state index contributed by atoms with van der Waals surface area (Å²) in [6.07, 6.45) is 1.54. The lowest BCUT2D eigenvalue weighted by molar-refractivity contribution is -0.137. The van der Waals surface area contributed by atoms with Gasteiger partial charge in [0, 0.05) is 18.0 Å². The van der Waals surface area contributed by atoms with E-state index in [0.717, 1.165) is 16.9 Å². The second-order valence-corrected chi connectivity index (χ2v) is 7.87. The van der Waals surface area contributed by atoms with Crippen LogP contribution in [0.4, 0.5) is 0 Å². The zero-order chi connectivity index (χ0) is 19.9. The topological polar surface area (TPSA) is 64.8 Å². The molecule has 0 fully saturated rings. The first-order chi connectivity index (χ1) is 12.9. The van der Waals surface area contributed by atoms with Gasteiger partial charge in [-0.05, 0) is 49.4 Å². The van der Waals surface area contributed by atoms with E-state index in [2.05, 4.69) is 0 Å². The highest BCUT2D eigenvalue weighted by atomic mass is 32.1. The number of carbonyl (C=O) groups excluding carboxylic acids is 1. The molecule has 2 aromatic rings. The number of thiophene rings is 1. The first-order valence-corrected chi connectivity index (χ1v) is 10.2. The molecule has 1 heterocycles. The fourth-order valence-corrected chi connectivity index (χ4v) is 3.62. The van der Waals surface area contributed by atoms with Crippen LogP contribution in [-0.4, -0.2) is 30.0 Å². The minimum atomic E-state index is -0.835. The monoisotopic (exact) mass is 390 g/mol. The Labute approximate surface area is 166 Å². The van der Waals surface area contributed by atoms with Gasteiger partial charge in [0.2, 0.25) is 5.91 Å². The number of nitrogens with zero attached hydrogens (tertiary/aromatic N) is 1. The molecule has 1 aromatic heterocycles. The molecule has 0 radical (unpaired) electrons. The van der Waals surface area contributed by atoms with E-state index in [4.69, 9.17) is 15.2 Å². The number of rotatable bonds is 10. The molecule has 1 amide bonds. The highest BCUT2D eigenvalue weighted by Crippen LogP contribution is 2.30. The van der Waals surface area contributed by atoms with E-state index in [1.807, 2.05) is 56.5 Å². The maximum absolute atomic E-state index is 12.8. The summed E-state index contributed by atoms with van der Waals surface area (Å²) in [6, 6.07) is 9.83. The average Bonchev–Trinajstić information content (AvgIpc) is 3.17. The van der Waals surface area contributed by atoms with Crippen LogP contribution in [0.15, 0.2) is 35.7 Å². The van der Waals surface area contributed by atoms with Gasteiger partial charge in [-0.15, -0.1) is 11.3 Å². The molecule has 6 heteroatoms. The zero-order valence-corrected chi connectivity index (χ0v) is 17.5. The minimum absolute atomic E-state index is 0.0242. The number of likely N-dealkylation sites (N-methyl/N-ethyl adjacent to an activating group) is 1. The number of hydrogen-bond donors (Lipinski definition) is 1. The summed E-state index contributed by atoms with van der Waals surface area (Å²) in [7, 11) is 1.62. The Balaban J connectivity index is 2.09. The van der Waals surface area contributed by atoms with E-state index in [-0.39, 0.29) is 5.91 Å². The fourth-order valence-electron chi connectivity index (χ4n) is 3.01. The quantitative estimate of drug-likeness (QED) is 0.660. The molecular weight excluding hydrogens is 360 g/mol. The molecule has 0 aliphatic carbocycles. The maximum Gasteiger partial charge on any atom is 0.242 e. The molecule has 0 aliphatic heterocycles. The van der Waals surface area contributed by atoms with Gasteiger partial charge in [0.15, 0.2) is 11.5 Å². The largest absolute Gasteiger partial charge is 0.493 e. The summed E-state index contributed by atoms with van der Waals surface area (Å²) in [6.45, 7) is 7.42. The van der Waals surface area contributed by atoms with Gasteiger partial charge in [0.1, 0.15) is 6.61 Å². The number of hydrogen-bond acceptors (Lipinski definition) is 5. The zero-order valence-electron chi connectivity index (χ0n) is 16.7. The summed E-state index contributed by atoms with van der Waals surface area (Å²) >= 11 is 1.66. The summed E-state index contributed by atoms with van der Waals surface area (Å²) in [5, 5.41) is 2.03. The Morgan fingerprint density at radius 1 is 1.26 bits per heavy atom. The first-order valence-electron chi connectivity index (χ1n) is 9.31. The molecule has 27 heavy (non-hydrogen) atoms. The van der Waals surface area contributed by atoms with Crippen molar-refractivity contribution >= 4 is 17.2 Å². The van der Waals surface area contributed by atoms with Crippen LogP contribution in [0, 0.1) is 0 Å². The maximum atomic E-state index is 12.8. The van der Waals surface area contributed by atoms with Crippen molar-refractivity contribution in [1.82, 2.24) is 4.90 Å². The van der Waals surface area contributed by atoms with Gasteiger partial charge in [0.05, 0.1) is 12.6 Å². The van der Waals surface area contributed by atoms with Crippen molar-refractivity contribution < 1.29 is 14.3 Å². The lowest BCUT2D eigenvalue weighted by Crippen LogP contribution is -2.52. The van der Waals surface area contributed by atoms with Crippen LogP contribution in [0.5, 0.6) is 11.5 Å². The molecule has 1 unspecified atom stereocenters. The summed E-state index contributed by atoms with van der Waals surface area (Å²) in [5.41, 5.74) is 6.38. The van der Waals surface area contributed by atoms with Crippen molar-refractivity contribution in [3.8, 4) is 11.5 Å². The Morgan fingerprint density at radius 2 is 2.04 bits per heavy atom. The normalized spacial score (nSPS) is 13.1. The Morgan fingerprint density at radius 3 is 2.63 bits per heavy atom. The molecular formula is C21H30N2O3S. The van der Waals surface area contributed by atoms with Gasteiger partial charge in [-0.3, -0.25) is 4.79 Å². The van der Waals surface area contributed by atoms with E-state index in [0.29, 0.717) is 37.6 Å². The van der Waals surface area contributed by atoms with Crippen molar-refractivity contribution in [3.63, 3.8) is 0 Å². The standard InChI is InChI=1S/C21H30N2O3S/c1-5-11-21(3,22)20(24)23(6-2)14-16-9-10-18(19(13-16)25-4)26-15-17-8-7-12-27-17/h7-10,12-13H,5-6,11,14-15,22H2,1-4H3. The van der Waals surface area contributed by atoms with E-state index in [1.165, 1.54) is 0 Å². The Bertz CT molecular complexity index is 729. The van der Waals surface area contributed by atoms with Crippen molar-refractivity contribution in [1.29, 1.82) is 0 Å². The van der Waals surface area contributed by atoms with Crippen LogP contribution in [0.2, 0.25) is 0 Å². The van der Waals surface area contributed by atoms with Gasteiger partial charge in [0.25, 0.3) is 0 Å². The van der Waals surface area contributed by atoms with E-state index in [1.54, 1.807) is 23.3 Å². The predicted octanol–water partition coefficient (Wildman–Crippen LogP) is 4.20. The third-order valence-corrected chi connectivity index (χ3v) is 5.33. The van der Waals surface area contributed by atoms with Crippen LogP contribution in [0.25, 0.3) is 0 Å². The second-order valence-electron chi connectivity index (χ2n) is 6.84. The number of ether oxygens (including phenoxy) is 2. The fraction of sp³-hybridized carbons (Fsp3) is 0.476. The third kappa shape index (κ3) is 5.71. The van der Waals surface area contributed by atoms with Gasteiger partial charge in [-0.25, -0.2) is 0 Å². The van der Waals surface area contributed by atoms with Crippen molar-refractivity contribution in [2.24, 2.45) is 5.73 Å².